The van der Waals surface area contributed by atoms with E-state index in [4.69, 9.17) is 4.74 Å². The summed E-state index contributed by atoms with van der Waals surface area (Å²) in [4.78, 5) is 18.5. The van der Waals surface area contributed by atoms with Gasteiger partial charge in [-0.05, 0) is 49.9 Å². The summed E-state index contributed by atoms with van der Waals surface area (Å²) < 4.78 is 5.95. The molecule has 0 aliphatic heterocycles. The van der Waals surface area contributed by atoms with Crippen LogP contribution >= 0.6 is 0 Å². The Kier molecular flexibility index (Phi) is 5.34. The summed E-state index contributed by atoms with van der Waals surface area (Å²) >= 11 is 0. The van der Waals surface area contributed by atoms with Gasteiger partial charge in [-0.25, -0.2) is 0 Å². The van der Waals surface area contributed by atoms with Gasteiger partial charge in [0.05, 0.1) is 11.6 Å². The topological polar surface area (TPSA) is 62.7 Å². The summed E-state index contributed by atoms with van der Waals surface area (Å²) in [6.07, 6.45) is 4.70. The van der Waals surface area contributed by atoms with E-state index in [0.29, 0.717) is 5.56 Å². The van der Waals surface area contributed by atoms with E-state index >= 15 is 0 Å². The van der Waals surface area contributed by atoms with Crippen LogP contribution in [0.15, 0.2) is 48.8 Å². The summed E-state index contributed by atoms with van der Waals surface area (Å²) in [5.41, 5.74) is 1.48. The molecular formula is C20H24N2O3. The summed E-state index contributed by atoms with van der Waals surface area (Å²) in [5, 5.41) is 10.8. The lowest BCUT2D eigenvalue weighted by atomic mass is 9.88. The van der Waals surface area contributed by atoms with Gasteiger partial charge in [0, 0.05) is 19.4 Å². The minimum Gasteiger partial charge on any atom is -0.488 e. The van der Waals surface area contributed by atoms with Gasteiger partial charge in [0.2, 0.25) is 0 Å². The van der Waals surface area contributed by atoms with Crippen LogP contribution in [0.25, 0.3) is 0 Å². The fraction of sp³-hybridized carbons (Fsp3) is 0.400. The number of benzene rings is 1. The molecule has 1 aromatic heterocycles. The van der Waals surface area contributed by atoms with Crippen LogP contribution in [0.5, 0.6) is 5.75 Å². The van der Waals surface area contributed by atoms with Crippen LogP contribution in [-0.4, -0.2) is 46.2 Å². The van der Waals surface area contributed by atoms with Gasteiger partial charge in [-0.3, -0.25) is 9.78 Å². The molecule has 1 N–H and O–H groups in total. The van der Waals surface area contributed by atoms with Crippen molar-refractivity contribution in [3.63, 3.8) is 0 Å². The van der Waals surface area contributed by atoms with Crippen molar-refractivity contribution in [2.45, 2.75) is 44.4 Å². The number of rotatable bonds is 4. The van der Waals surface area contributed by atoms with Crippen molar-refractivity contribution in [1.29, 1.82) is 0 Å². The first kappa shape index (κ1) is 17.4. The Labute approximate surface area is 148 Å². The molecule has 1 saturated carbocycles. The van der Waals surface area contributed by atoms with E-state index in [1.54, 1.807) is 24.3 Å². The van der Waals surface area contributed by atoms with Gasteiger partial charge < -0.3 is 14.7 Å². The number of aromatic nitrogens is 1. The molecule has 1 aliphatic rings. The maximum Gasteiger partial charge on any atom is 0.255 e. The van der Waals surface area contributed by atoms with Crippen molar-refractivity contribution in [3.05, 3.63) is 59.9 Å². The quantitative estimate of drug-likeness (QED) is 0.930. The maximum absolute atomic E-state index is 12.7. The number of nitrogens with zero attached hydrogens (tertiary/aromatic N) is 2. The second kappa shape index (κ2) is 7.66. The molecule has 0 unspecified atom stereocenters. The number of aryl methyl sites for hydroxylation is 1. The molecule has 0 radical (unpaired) electrons. The lowest BCUT2D eigenvalue weighted by Gasteiger charge is -2.39. The number of hydrogen-bond donors (Lipinski definition) is 1. The predicted molar refractivity (Wildman–Crippen MR) is 95.6 cm³/mol. The molecular weight excluding hydrogens is 316 g/mol. The maximum atomic E-state index is 12.7. The Morgan fingerprint density at radius 3 is 2.72 bits per heavy atom. The highest BCUT2D eigenvalue weighted by Crippen LogP contribution is 2.27. The SMILES string of the molecule is Cc1cncc(C(=O)N(C)[C@@H]2CCC[C@H](Oc3ccccc3)[C@H]2O)c1. The number of pyridine rings is 1. The monoisotopic (exact) mass is 340 g/mol. The van der Waals surface area contributed by atoms with E-state index in [1.165, 1.54) is 0 Å². The molecule has 25 heavy (non-hydrogen) atoms. The smallest absolute Gasteiger partial charge is 0.255 e. The highest BCUT2D eigenvalue weighted by atomic mass is 16.5. The predicted octanol–water partition coefficient (Wildman–Crippen LogP) is 2.82. The van der Waals surface area contributed by atoms with Crippen molar-refractivity contribution in [2.75, 3.05) is 7.05 Å². The van der Waals surface area contributed by atoms with Crippen molar-refractivity contribution in [2.24, 2.45) is 0 Å². The van der Waals surface area contributed by atoms with Gasteiger partial charge in [0.15, 0.2) is 0 Å². The number of aliphatic hydroxyl groups excluding tert-OH is 1. The molecule has 1 aromatic carbocycles. The van der Waals surface area contributed by atoms with Crippen LogP contribution < -0.4 is 4.74 Å². The Morgan fingerprint density at radius 1 is 1.24 bits per heavy atom. The molecule has 132 valence electrons. The van der Waals surface area contributed by atoms with Crippen LogP contribution in [0, 0.1) is 6.92 Å². The lowest BCUT2D eigenvalue weighted by Crippen LogP contribution is -2.53. The first-order valence-electron chi connectivity index (χ1n) is 8.65. The molecule has 1 heterocycles. The molecule has 1 amide bonds. The Bertz CT molecular complexity index is 720. The van der Waals surface area contributed by atoms with Gasteiger partial charge in [-0.15, -0.1) is 0 Å². The standard InChI is InChI=1S/C20H24N2O3/c1-14-11-15(13-21-12-14)20(24)22(2)17-9-6-10-18(19(17)23)25-16-7-4-3-5-8-16/h3-5,7-8,11-13,17-19,23H,6,9-10H2,1-2H3/t17-,18+,19+/m1/s1. The zero-order valence-electron chi connectivity index (χ0n) is 14.6. The largest absolute Gasteiger partial charge is 0.488 e. The number of likely N-dealkylation sites (N-methyl/N-ethyl adjacent to an activating group) is 1. The van der Waals surface area contributed by atoms with Crippen molar-refractivity contribution in [1.82, 2.24) is 9.88 Å². The fourth-order valence-corrected chi connectivity index (χ4v) is 3.37. The van der Waals surface area contributed by atoms with Gasteiger partial charge in [-0.2, -0.15) is 0 Å². The van der Waals surface area contributed by atoms with E-state index in [0.717, 1.165) is 30.6 Å². The van der Waals surface area contributed by atoms with Crippen LogP contribution in [0.2, 0.25) is 0 Å². The summed E-state index contributed by atoms with van der Waals surface area (Å²) in [6, 6.07) is 11.0. The highest BCUT2D eigenvalue weighted by Gasteiger charge is 2.37. The van der Waals surface area contributed by atoms with Crippen LogP contribution in [0.1, 0.15) is 35.2 Å². The molecule has 1 fully saturated rings. The normalized spacial score (nSPS) is 23.1. The Morgan fingerprint density at radius 2 is 2.00 bits per heavy atom. The number of hydrogen-bond acceptors (Lipinski definition) is 4. The summed E-state index contributed by atoms with van der Waals surface area (Å²) in [6.45, 7) is 1.91. The van der Waals surface area contributed by atoms with Gasteiger partial charge in [-0.1, -0.05) is 18.2 Å². The molecule has 0 spiro atoms. The molecule has 5 heteroatoms. The third kappa shape index (κ3) is 3.99. The zero-order chi connectivity index (χ0) is 17.8. The zero-order valence-corrected chi connectivity index (χ0v) is 14.6. The lowest BCUT2D eigenvalue weighted by molar-refractivity contribution is -0.0413. The molecule has 3 atom stereocenters. The second-order valence-corrected chi connectivity index (χ2v) is 6.63. The second-order valence-electron chi connectivity index (χ2n) is 6.63. The highest BCUT2D eigenvalue weighted by molar-refractivity contribution is 5.94. The van der Waals surface area contributed by atoms with Crippen LogP contribution in [0.4, 0.5) is 0 Å². The van der Waals surface area contributed by atoms with Crippen molar-refractivity contribution < 1.29 is 14.6 Å². The molecule has 3 rings (SSSR count). The third-order valence-corrected chi connectivity index (χ3v) is 4.73. The van der Waals surface area contributed by atoms with Gasteiger partial charge in [0.25, 0.3) is 5.91 Å². The Hall–Kier alpha value is -2.40. The number of ether oxygens (including phenoxy) is 1. The molecule has 0 saturated heterocycles. The molecule has 1 aliphatic carbocycles. The van der Waals surface area contributed by atoms with Crippen LogP contribution in [-0.2, 0) is 0 Å². The van der Waals surface area contributed by atoms with E-state index in [1.807, 2.05) is 43.3 Å². The molecule has 0 bridgehead atoms. The molecule has 2 aromatic rings. The summed E-state index contributed by atoms with van der Waals surface area (Å²) in [7, 11) is 1.74. The van der Waals surface area contributed by atoms with Crippen molar-refractivity contribution >= 4 is 5.91 Å². The van der Waals surface area contributed by atoms with Crippen molar-refractivity contribution in [3.8, 4) is 5.75 Å². The number of carbonyl (C=O) groups is 1. The molecule has 5 nitrogen and oxygen atoms in total. The average Bonchev–Trinajstić information content (AvgIpc) is 2.63. The van der Waals surface area contributed by atoms with Gasteiger partial charge >= 0.3 is 0 Å². The third-order valence-electron chi connectivity index (χ3n) is 4.73. The number of carbonyl (C=O) groups excluding carboxylic acids is 1. The number of amides is 1. The Balaban J connectivity index is 1.71. The first-order valence-corrected chi connectivity index (χ1v) is 8.65. The minimum absolute atomic E-state index is 0.124. The first-order chi connectivity index (χ1) is 12.1. The number of para-hydroxylation sites is 1. The fourth-order valence-electron chi connectivity index (χ4n) is 3.37. The van der Waals surface area contributed by atoms with E-state index in [-0.39, 0.29) is 18.1 Å². The van der Waals surface area contributed by atoms with E-state index in [9.17, 15) is 9.90 Å². The minimum atomic E-state index is -0.722. The van der Waals surface area contributed by atoms with Gasteiger partial charge in [0.1, 0.15) is 18.0 Å². The van der Waals surface area contributed by atoms with Crippen LogP contribution in [0.3, 0.4) is 0 Å². The number of aliphatic hydroxyl groups is 1. The summed E-state index contributed by atoms with van der Waals surface area (Å²) in [5.74, 6) is 0.615. The van der Waals surface area contributed by atoms with E-state index < -0.39 is 6.10 Å². The van der Waals surface area contributed by atoms with E-state index in [2.05, 4.69) is 4.98 Å². The average molecular weight is 340 g/mol.